The van der Waals surface area contributed by atoms with Crippen LogP contribution in [0.15, 0.2) is 63.9 Å². The minimum atomic E-state index is -3.79. The number of rotatable bonds is 12. The van der Waals surface area contributed by atoms with Crippen molar-refractivity contribution in [3.8, 4) is 5.75 Å². The number of hydrogen-bond acceptors (Lipinski definition) is 8. The molecule has 1 aromatic heterocycles. The lowest BCUT2D eigenvalue weighted by Gasteiger charge is -2.27. The van der Waals surface area contributed by atoms with E-state index in [2.05, 4.69) is 15.5 Å². The van der Waals surface area contributed by atoms with Gasteiger partial charge >= 0.3 is 0 Å². The second-order valence-corrected chi connectivity index (χ2v) is 14.7. The molecular formula is C34H46N4O7S. The van der Waals surface area contributed by atoms with Crippen molar-refractivity contribution in [1.82, 2.24) is 19.8 Å². The van der Waals surface area contributed by atoms with Crippen LogP contribution in [0.4, 0.5) is 0 Å². The molecular weight excluding hydrogens is 608 g/mol. The number of carbonyl (C=O) groups is 2. The van der Waals surface area contributed by atoms with Gasteiger partial charge in [0.25, 0.3) is 5.91 Å². The van der Waals surface area contributed by atoms with Crippen molar-refractivity contribution >= 4 is 32.8 Å². The normalized spacial score (nSPS) is 20.7. The van der Waals surface area contributed by atoms with Crippen LogP contribution in [0.1, 0.15) is 62.9 Å². The number of fused-ring (bicyclic) bond motifs is 1. The number of hydrogen-bond donors (Lipinski definition) is 3. The van der Waals surface area contributed by atoms with Crippen molar-refractivity contribution in [1.29, 1.82) is 0 Å². The van der Waals surface area contributed by atoms with Gasteiger partial charge in [-0.25, -0.2) is 8.42 Å². The maximum atomic E-state index is 13.5. The zero-order valence-electron chi connectivity index (χ0n) is 26.7. The van der Waals surface area contributed by atoms with E-state index >= 15 is 0 Å². The standard InChI is InChI=1S/C34H46N4O7S/c1-24(2)20-29(33(40)35-28-12-9-17-38(23-30(28)39)46(42,43)27-10-5-3-6-11-27)36-34(41)32-22-25-21-26(13-14-31(25)45-32)44-19-18-37-15-7-4-8-16-37/h3,5-6,10-11,13-14,21-22,24,28-30,39H,4,7-9,12,15-20,23H2,1-2H3,(H,35,40)(H,36,41)/t28?,29?,30-/m0/s1. The van der Waals surface area contributed by atoms with E-state index in [1.54, 1.807) is 30.3 Å². The van der Waals surface area contributed by atoms with Crippen LogP contribution in [0.5, 0.6) is 5.75 Å². The van der Waals surface area contributed by atoms with Crippen LogP contribution in [-0.2, 0) is 14.8 Å². The van der Waals surface area contributed by atoms with Gasteiger partial charge in [-0.1, -0.05) is 38.5 Å². The summed E-state index contributed by atoms with van der Waals surface area (Å²) in [5, 5.41) is 17.4. The topological polar surface area (TPSA) is 141 Å². The number of piperidine rings is 1. The van der Waals surface area contributed by atoms with Gasteiger partial charge in [-0.2, -0.15) is 4.31 Å². The molecule has 2 aromatic carbocycles. The van der Waals surface area contributed by atoms with E-state index in [-0.39, 0.29) is 29.7 Å². The highest BCUT2D eigenvalue weighted by Gasteiger charge is 2.35. The fourth-order valence-corrected chi connectivity index (χ4v) is 7.67. The second kappa shape index (κ2) is 15.4. The van der Waals surface area contributed by atoms with Crippen molar-refractivity contribution in [2.24, 2.45) is 5.92 Å². The molecule has 250 valence electrons. The Hall–Kier alpha value is -3.45. The summed E-state index contributed by atoms with van der Waals surface area (Å²) in [6.07, 6.45) is 3.85. The lowest BCUT2D eigenvalue weighted by molar-refractivity contribution is -0.125. The first-order chi connectivity index (χ1) is 22.1. The highest BCUT2D eigenvalue weighted by molar-refractivity contribution is 7.89. The van der Waals surface area contributed by atoms with E-state index in [9.17, 15) is 23.1 Å². The molecule has 11 nitrogen and oxygen atoms in total. The molecule has 46 heavy (non-hydrogen) atoms. The predicted molar refractivity (Wildman–Crippen MR) is 175 cm³/mol. The van der Waals surface area contributed by atoms with Crippen LogP contribution < -0.4 is 15.4 Å². The zero-order chi connectivity index (χ0) is 32.7. The molecule has 3 heterocycles. The summed E-state index contributed by atoms with van der Waals surface area (Å²) in [4.78, 5) is 29.4. The number of aliphatic hydroxyl groups is 1. The minimum Gasteiger partial charge on any atom is -0.492 e. The Balaban J connectivity index is 1.19. The summed E-state index contributed by atoms with van der Waals surface area (Å²) < 4.78 is 39.4. The third kappa shape index (κ3) is 8.67. The van der Waals surface area contributed by atoms with Crippen LogP contribution in [0.3, 0.4) is 0 Å². The smallest absolute Gasteiger partial charge is 0.287 e. The molecule has 2 unspecified atom stereocenters. The number of aliphatic hydroxyl groups excluding tert-OH is 1. The first-order valence-electron chi connectivity index (χ1n) is 16.3. The van der Waals surface area contributed by atoms with Gasteiger partial charge in [-0.3, -0.25) is 14.5 Å². The number of carbonyl (C=O) groups excluding carboxylic acids is 2. The van der Waals surface area contributed by atoms with Crippen LogP contribution in [-0.4, -0.2) is 92.1 Å². The molecule has 2 aliphatic heterocycles. The largest absolute Gasteiger partial charge is 0.492 e. The number of sulfonamides is 1. The molecule has 5 rings (SSSR count). The molecule has 0 bridgehead atoms. The number of likely N-dealkylation sites (tertiary alicyclic amines) is 1. The summed E-state index contributed by atoms with van der Waals surface area (Å²) >= 11 is 0. The molecule has 2 saturated heterocycles. The van der Waals surface area contributed by atoms with Gasteiger partial charge in [0.05, 0.1) is 17.0 Å². The molecule has 2 amide bonds. The summed E-state index contributed by atoms with van der Waals surface area (Å²) in [5.74, 6) is -0.0938. The average Bonchev–Trinajstić information content (AvgIpc) is 3.38. The highest BCUT2D eigenvalue weighted by atomic mass is 32.2. The van der Waals surface area contributed by atoms with Gasteiger partial charge in [-0.05, 0) is 87.5 Å². The molecule has 2 aliphatic rings. The summed E-state index contributed by atoms with van der Waals surface area (Å²) in [7, 11) is -3.79. The van der Waals surface area contributed by atoms with Crippen molar-refractivity contribution in [3.05, 3.63) is 60.4 Å². The van der Waals surface area contributed by atoms with Gasteiger partial charge in [0, 0.05) is 25.0 Å². The van der Waals surface area contributed by atoms with Crippen molar-refractivity contribution in [2.75, 3.05) is 39.3 Å². The van der Waals surface area contributed by atoms with Gasteiger partial charge in [0.15, 0.2) is 5.76 Å². The Kier molecular flexibility index (Phi) is 11.4. The van der Waals surface area contributed by atoms with E-state index < -0.39 is 40.0 Å². The lowest BCUT2D eigenvalue weighted by Crippen LogP contribution is -2.54. The maximum Gasteiger partial charge on any atom is 0.287 e. The average molecular weight is 655 g/mol. The van der Waals surface area contributed by atoms with Crippen molar-refractivity contribution in [3.63, 3.8) is 0 Å². The molecule has 0 saturated carbocycles. The van der Waals surface area contributed by atoms with E-state index in [4.69, 9.17) is 9.15 Å². The number of nitrogens with one attached hydrogen (secondary N) is 2. The molecule has 2 fully saturated rings. The van der Waals surface area contributed by atoms with Crippen molar-refractivity contribution < 1.29 is 32.3 Å². The molecule has 3 aromatic rings. The number of furan rings is 1. The van der Waals surface area contributed by atoms with E-state index in [1.807, 2.05) is 26.0 Å². The third-order valence-corrected chi connectivity index (χ3v) is 10.5. The van der Waals surface area contributed by atoms with Crippen LogP contribution >= 0.6 is 0 Å². The Bertz CT molecular complexity index is 1570. The number of nitrogens with zero attached hydrogens (tertiary/aromatic N) is 2. The number of amides is 2. The minimum absolute atomic E-state index is 0.0817. The first kappa shape index (κ1) is 33.9. The molecule has 3 N–H and O–H groups in total. The quantitative estimate of drug-likeness (QED) is 0.268. The Morgan fingerprint density at radius 2 is 1.78 bits per heavy atom. The second-order valence-electron chi connectivity index (χ2n) is 12.7. The van der Waals surface area contributed by atoms with Crippen LogP contribution in [0, 0.1) is 5.92 Å². The monoisotopic (exact) mass is 654 g/mol. The SMILES string of the molecule is CC(C)CC(NC(=O)c1cc2cc(OCCN3CCCCC3)ccc2o1)C(=O)NC1CCCN(S(=O)(=O)c2ccccc2)C[C@@H]1O. The summed E-state index contributed by atoms with van der Waals surface area (Å²) in [6, 6.07) is 13.6. The van der Waals surface area contributed by atoms with Crippen molar-refractivity contribution in [2.45, 2.75) is 75.5 Å². The third-order valence-electron chi connectivity index (χ3n) is 8.65. The summed E-state index contributed by atoms with van der Waals surface area (Å²) in [5.41, 5.74) is 0.537. The molecule has 12 heteroatoms. The number of β-amino-alcohol motifs (C(OH)–C–C–N with tert-alkyl or cyclic N) is 1. The lowest BCUT2D eigenvalue weighted by atomic mass is 10.0. The fourth-order valence-electron chi connectivity index (χ4n) is 6.15. The van der Waals surface area contributed by atoms with Gasteiger partial charge in [0.1, 0.15) is 24.0 Å². The van der Waals surface area contributed by atoms with E-state index in [0.29, 0.717) is 37.2 Å². The molecule has 3 atom stereocenters. The van der Waals surface area contributed by atoms with Crippen LogP contribution in [0.2, 0.25) is 0 Å². The Morgan fingerprint density at radius 1 is 1.02 bits per heavy atom. The molecule has 0 radical (unpaired) electrons. The first-order valence-corrected chi connectivity index (χ1v) is 17.8. The fraction of sp³-hybridized carbons (Fsp3) is 0.529. The molecule has 0 aliphatic carbocycles. The maximum absolute atomic E-state index is 13.5. The van der Waals surface area contributed by atoms with E-state index in [0.717, 1.165) is 25.0 Å². The van der Waals surface area contributed by atoms with Gasteiger partial charge in [-0.15, -0.1) is 0 Å². The zero-order valence-corrected chi connectivity index (χ0v) is 27.5. The Morgan fingerprint density at radius 3 is 2.52 bits per heavy atom. The molecule has 0 spiro atoms. The number of ether oxygens (including phenoxy) is 1. The van der Waals surface area contributed by atoms with Crippen LogP contribution in [0.25, 0.3) is 11.0 Å². The summed E-state index contributed by atoms with van der Waals surface area (Å²) in [6.45, 7) is 7.66. The van der Waals surface area contributed by atoms with Gasteiger partial charge in [0.2, 0.25) is 15.9 Å². The highest BCUT2D eigenvalue weighted by Crippen LogP contribution is 2.25. The number of benzene rings is 2. The Labute approximate surface area is 271 Å². The predicted octanol–water partition coefficient (Wildman–Crippen LogP) is 3.77. The van der Waals surface area contributed by atoms with Gasteiger partial charge < -0.3 is 24.9 Å². The van der Waals surface area contributed by atoms with E-state index in [1.165, 1.54) is 35.7 Å².